The van der Waals surface area contributed by atoms with E-state index < -0.39 is 0 Å². The molecule has 0 fully saturated rings. The molecule has 0 N–H and O–H groups in total. The molecule has 0 unspecified atom stereocenters. The second-order valence-electron chi connectivity index (χ2n) is 5.34. The summed E-state index contributed by atoms with van der Waals surface area (Å²) in [5, 5.41) is 10.3. The van der Waals surface area contributed by atoms with Gasteiger partial charge in [-0.25, -0.2) is 0 Å². The zero-order valence-corrected chi connectivity index (χ0v) is 13.8. The van der Waals surface area contributed by atoms with Crippen molar-refractivity contribution in [3.63, 3.8) is 0 Å². The summed E-state index contributed by atoms with van der Waals surface area (Å²) in [6.45, 7) is 1.64. The van der Waals surface area contributed by atoms with Gasteiger partial charge in [-0.3, -0.25) is 14.5 Å². The fraction of sp³-hybridized carbons (Fsp3) is 0.188. The Hall–Kier alpha value is -1.89. The zero-order chi connectivity index (χ0) is 15.6. The molecular weight excluding hydrogens is 330 g/mol. The summed E-state index contributed by atoms with van der Waals surface area (Å²) >= 11 is 7.80. The minimum Gasteiger partial charge on any atom is -0.288 e. The molecule has 0 bridgehead atoms. The third kappa shape index (κ3) is 3.10. The maximum absolute atomic E-state index is 6.10. The van der Waals surface area contributed by atoms with Crippen LogP contribution in [0.5, 0.6) is 0 Å². The Morgan fingerprint density at radius 2 is 2.00 bits per heavy atom. The second kappa shape index (κ2) is 6.31. The summed E-state index contributed by atoms with van der Waals surface area (Å²) in [6.07, 6.45) is 3.65. The largest absolute Gasteiger partial charge is 0.288 e. The molecule has 0 amide bonds. The van der Waals surface area contributed by atoms with Gasteiger partial charge in [0.05, 0.1) is 12.5 Å². The number of halogens is 1. The molecule has 7 heteroatoms. The van der Waals surface area contributed by atoms with E-state index in [2.05, 4.69) is 24.6 Å². The molecule has 23 heavy (non-hydrogen) atoms. The molecule has 0 aliphatic carbocycles. The predicted molar refractivity (Wildman–Crippen MR) is 91.0 cm³/mol. The number of benzene rings is 1. The summed E-state index contributed by atoms with van der Waals surface area (Å²) in [7, 11) is 0. The van der Waals surface area contributed by atoms with Crippen LogP contribution in [0, 0.1) is 0 Å². The fourth-order valence-corrected chi connectivity index (χ4v) is 3.66. The fourth-order valence-electron chi connectivity index (χ4n) is 2.60. The molecule has 0 atom stereocenters. The molecule has 3 heterocycles. The van der Waals surface area contributed by atoms with Crippen LogP contribution >= 0.6 is 23.4 Å². The van der Waals surface area contributed by atoms with Crippen molar-refractivity contribution in [2.24, 2.45) is 0 Å². The van der Waals surface area contributed by atoms with Crippen LogP contribution in [0.25, 0.3) is 11.4 Å². The summed E-state index contributed by atoms with van der Waals surface area (Å²) in [5.74, 6) is 1.75. The Kier molecular flexibility index (Phi) is 4.03. The van der Waals surface area contributed by atoms with Crippen LogP contribution in [0.1, 0.15) is 5.56 Å². The molecule has 0 saturated heterocycles. The molecule has 0 saturated carbocycles. The molecule has 5 nitrogen and oxygen atoms in total. The zero-order valence-electron chi connectivity index (χ0n) is 12.3. The first-order chi connectivity index (χ1) is 11.3. The number of aromatic nitrogens is 4. The normalized spacial score (nSPS) is 14.7. The van der Waals surface area contributed by atoms with Crippen LogP contribution in [0.3, 0.4) is 0 Å². The number of hydrogen-bond acceptors (Lipinski definition) is 5. The topological polar surface area (TPSA) is 46.8 Å². The van der Waals surface area contributed by atoms with Gasteiger partial charge < -0.3 is 0 Å². The minimum absolute atomic E-state index is 0.706. The summed E-state index contributed by atoms with van der Waals surface area (Å²) < 4.78 is 2.14. The van der Waals surface area contributed by atoms with Gasteiger partial charge >= 0.3 is 0 Å². The van der Waals surface area contributed by atoms with Crippen molar-refractivity contribution in [2.45, 2.75) is 18.4 Å². The molecule has 0 radical (unpaired) electrons. The highest BCUT2D eigenvalue weighted by atomic mass is 35.5. The number of nitrogens with zero attached hydrogens (tertiary/aromatic N) is 5. The monoisotopic (exact) mass is 343 g/mol. The summed E-state index contributed by atoms with van der Waals surface area (Å²) in [5.41, 5.74) is 2.24. The Balaban J connectivity index is 1.60. The van der Waals surface area contributed by atoms with E-state index in [0.717, 1.165) is 35.6 Å². The van der Waals surface area contributed by atoms with Crippen molar-refractivity contribution in [3.05, 3.63) is 59.4 Å². The van der Waals surface area contributed by atoms with Crippen LogP contribution < -0.4 is 0 Å². The van der Waals surface area contributed by atoms with Gasteiger partial charge in [-0.2, -0.15) is 0 Å². The minimum atomic E-state index is 0.706. The lowest BCUT2D eigenvalue weighted by Gasteiger charge is -2.27. The van der Waals surface area contributed by atoms with Crippen LogP contribution in [-0.2, 0) is 13.2 Å². The number of pyridine rings is 1. The first kappa shape index (κ1) is 14.7. The van der Waals surface area contributed by atoms with Crippen LogP contribution in [0.15, 0.2) is 53.9 Å². The molecule has 3 aromatic rings. The van der Waals surface area contributed by atoms with E-state index in [0.29, 0.717) is 5.02 Å². The van der Waals surface area contributed by atoms with Crippen molar-refractivity contribution in [1.82, 2.24) is 24.6 Å². The first-order valence-electron chi connectivity index (χ1n) is 7.23. The van der Waals surface area contributed by atoms with Gasteiger partial charge in [-0.15, -0.1) is 10.2 Å². The molecular formula is C16H14ClN5S. The second-order valence-corrected chi connectivity index (χ2v) is 6.69. The third-order valence-corrected chi connectivity index (χ3v) is 4.96. The highest BCUT2D eigenvalue weighted by Gasteiger charge is 2.22. The molecule has 116 valence electrons. The molecule has 1 aromatic carbocycles. The van der Waals surface area contributed by atoms with E-state index in [4.69, 9.17) is 11.6 Å². The van der Waals surface area contributed by atoms with E-state index in [1.54, 1.807) is 11.8 Å². The summed E-state index contributed by atoms with van der Waals surface area (Å²) in [4.78, 5) is 6.42. The smallest absolute Gasteiger partial charge is 0.193 e. The van der Waals surface area contributed by atoms with Crippen molar-refractivity contribution in [1.29, 1.82) is 0 Å². The Morgan fingerprint density at radius 3 is 2.83 bits per heavy atom. The Bertz CT molecular complexity index is 820. The molecule has 2 aromatic heterocycles. The van der Waals surface area contributed by atoms with Gasteiger partial charge in [0.2, 0.25) is 0 Å². The SMILES string of the molecule is Clc1cccc(-c2nnc3n2CN(Cc2ccncc2)CS3)c1. The van der Waals surface area contributed by atoms with Gasteiger partial charge in [0, 0.05) is 29.5 Å². The number of hydrogen-bond donors (Lipinski definition) is 0. The van der Waals surface area contributed by atoms with Gasteiger partial charge in [0.1, 0.15) is 0 Å². The van der Waals surface area contributed by atoms with Gasteiger partial charge in [0.15, 0.2) is 11.0 Å². The van der Waals surface area contributed by atoms with E-state index in [9.17, 15) is 0 Å². The lowest BCUT2D eigenvalue weighted by atomic mass is 10.2. The van der Waals surface area contributed by atoms with Crippen molar-refractivity contribution < 1.29 is 0 Å². The molecule has 1 aliphatic heterocycles. The lowest BCUT2D eigenvalue weighted by molar-refractivity contribution is 0.231. The third-order valence-electron chi connectivity index (χ3n) is 3.67. The summed E-state index contributed by atoms with van der Waals surface area (Å²) in [6, 6.07) is 11.8. The average molecular weight is 344 g/mol. The molecule has 0 spiro atoms. The van der Waals surface area contributed by atoms with E-state index in [-0.39, 0.29) is 0 Å². The first-order valence-corrected chi connectivity index (χ1v) is 8.59. The Labute approximate surface area is 143 Å². The predicted octanol–water partition coefficient (Wildman–Crippen LogP) is 3.52. The number of rotatable bonds is 3. The lowest BCUT2D eigenvalue weighted by Crippen LogP contribution is -2.30. The van der Waals surface area contributed by atoms with Crippen molar-refractivity contribution in [3.8, 4) is 11.4 Å². The average Bonchev–Trinajstić information content (AvgIpc) is 2.99. The standard InChI is InChI=1S/C16H14ClN5S/c17-14-3-1-2-13(8-14)15-19-20-16-22(15)10-21(11-23-16)9-12-4-6-18-7-5-12/h1-8H,9-11H2. The van der Waals surface area contributed by atoms with Gasteiger partial charge in [-0.1, -0.05) is 35.5 Å². The van der Waals surface area contributed by atoms with Crippen molar-refractivity contribution >= 4 is 23.4 Å². The maximum atomic E-state index is 6.10. The van der Waals surface area contributed by atoms with E-state index >= 15 is 0 Å². The highest BCUT2D eigenvalue weighted by molar-refractivity contribution is 7.99. The quantitative estimate of drug-likeness (QED) is 0.728. The number of fused-ring (bicyclic) bond motifs is 1. The number of thioether (sulfide) groups is 1. The van der Waals surface area contributed by atoms with Gasteiger partial charge in [0.25, 0.3) is 0 Å². The van der Waals surface area contributed by atoms with E-state index in [1.807, 2.05) is 48.8 Å². The molecule has 4 rings (SSSR count). The Morgan fingerprint density at radius 1 is 1.13 bits per heavy atom. The maximum Gasteiger partial charge on any atom is 0.193 e. The molecule has 1 aliphatic rings. The highest BCUT2D eigenvalue weighted by Crippen LogP contribution is 2.30. The van der Waals surface area contributed by atoms with Gasteiger partial charge in [-0.05, 0) is 29.8 Å². The van der Waals surface area contributed by atoms with Crippen LogP contribution in [-0.4, -0.2) is 30.5 Å². The van der Waals surface area contributed by atoms with Crippen molar-refractivity contribution in [2.75, 3.05) is 5.88 Å². The van der Waals surface area contributed by atoms with Crippen LogP contribution in [0.4, 0.5) is 0 Å². The van der Waals surface area contributed by atoms with E-state index in [1.165, 1.54) is 5.56 Å². The van der Waals surface area contributed by atoms with Crippen LogP contribution in [0.2, 0.25) is 5.02 Å².